The Morgan fingerprint density at radius 2 is 2.11 bits per heavy atom. The average molecular weight is 246 g/mol. The Labute approximate surface area is 109 Å². The molecule has 1 unspecified atom stereocenters. The van der Waals surface area contributed by atoms with Crippen molar-refractivity contribution in [2.24, 2.45) is 0 Å². The first-order chi connectivity index (χ1) is 8.46. The summed E-state index contributed by atoms with van der Waals surface area (Å²) in [6, 6.07) is 8.39. The molecule has 3 nitrogen and oxygen atoms in total. The minimum atomic E-state index is -0.154. The summed E-state index contributed by atoms with van der Waals surface area (Å²) in [5.41, 5.74) is 2.48. The van der Waals surface area contributed by atoms with Crippen LogP contribution in [0, 0.1) is 0 Å². The quantitative estimate of drug-likeness (QED) is 0.839. The Morgan fingerprint density at radius 3 is 2.83 bits per heavy atom. The van der Waals surface area contributed by atoms with Crippen LogP contribution < -0.4 is 10.6 Å². The van der Waals surface area contributed by atoms with Crippen molar-refractivity contribution in [1.82, 2.24) is 10.6 Å². The molecule has 1 aliphatic heterocycles. The molecule has 0 radical (unpaired) electrons. The number of hydrogen-bond acceptors (Lipinski definition) is 2. The molecule has 1 aliphatic rings. The molecule has 18 heavy (non-hydrogen) atoms. The van der Waals surface area contributed by atoms with E-state index in [2.05, 4.69) is 34.9 Å². The van der Waals surface area contributed by atoms with Gasteiger partial charge in [0.15, 0.2) is 0 Å². The van der Waals surface area contributed by atoms with Crippen molar-refractivity contribution in [3.05, 3.63) is 35.4 Å². The molecular formula is C15H22N2O. The molecule has 98 valence electrons. The van der Waals surface area contributed by atoms with E-state index in [0.29, 0.717) is 6.42 Å². The molecule has 1 heterocycles. The fraction of sp³-hybridized carbons (Fsp3) is 0.533. The lowest BCUT2D eigenvalue weighted by Gasteiger charge is -2.27. The maximum atomic E-state index is 12.0. The van der Waals surface area contributed by atoms with Gasteiger partial charge in [-0.05, 0) is 31.9 Å². The molecule has 0 aromatic heterocycles. The molecule has 1 aromatic carbocycles. The van der Waals surface area contributed by atoms with E-state index in [-0.39, 0.29) is 17.4 Å². The van der Waals surface area contributed by atoms with Crippen LogP contribution in [-0.2, 0) is 11.3 Å². The van der Waals surface area contributed by atoms with Crippen LogP contribution in [0.5, 0.6) is 0 Å². The third kappa shape index (κ3) is 3.33. The summed E-state index contributed by atoms with van der Waals surface area (Å²) in [5.74, 6) is 0.420. The average Bonchev–Trinajstić information content (AvgIpc) is 2.27. The summed E-state index contributed by atoms with van der Waals surface area (Å²) in [6.45, 7) is 7.83. The van der Waals surface area contributed by atoms with Gasteiger partial charge in [0.05, 0.1) is 0 Å². The van der Waals surface area contributed by atoms with Gasteiger partial charge < -0.3 is 10.6 Å². The molecule has 1 atom stereocenters. The van der Waals surface area contributed by atoms with Crippen LogP contribution in [0.2, 0.25) is 0 Å². The summed E-state index contributed by atoms with van der Waals surface area (Å²) < 4.78 is 0. The first kappa shape index (κ1) is 13.1. The van der Waals surface area contributed by atoms with Gasteiger partial charge in [-0.15, -0.1) is 0 Å². The van der Waals surface area contributed by atoms with Crippen LogP contribution in [0.25, 0.3) is 0 Å². The van der Waals surface area contributed by atoms with Crippen molar-refractivity contribution in [3.8, 4) is 0 Å². The zero-order valence-corrected chi connectivity index (χ0v) is 11.4. The molecular weight excluding hydrogens is 224 g/mol. The minimum absolute atomic E-state index is 0.131. The molecule has 0 saturated heterocycles. The molecule has 1 amide bonds. The largest absolute Gasteiger partial charge is 0.351 e. The van der Waals surface area contributed by atoms with Crippen molar-refractivity contribution in [3.63, 3.8) is 0 Å². The number of nitrogens with one attached hydrogen (secondary N) is 2. The number of benzene rings is 1. The standard InChI is InChI=1S/C15H22N2O/c1-15(2,3)17-14(18)8-12-10-16-9-11-6-4-5-7-13(11)12/h4-7,12,16H,8-10H2,1-3H3,(H,17,18). The minimum Gasteiger partial charge on any atom is -0.351 e. The number of rotatable bonds is 2. The van der Waals surface area contributed by atoms with Gasteiger partial charge in [-0.2, -0.15) is 0 Å². The zero-order chi connectivity index (χ0) is 13.2. The molecule has 0 fully saturated rings. The Hall–Kier alpha value is -1.35. The maximum Gasteiger partial charge on any atom is 0.221 e. The maximum absolute atomic E-state index is 12.0. The van der Waals surface area contributed by atoms with Crippen LogP contribution in [0.1, 0.15) is 44.2 Å². The van der Waals surface area contributed by atoms with E-state index < -0.39 is 0 Å². The van der Waals surface area contributed by atoms with Gasteiger partial charge in [-0.3, -0.25) is 4.79 Å². The van der Waals surface area contributed by atoms with E-state index in [1.165, 1.54) is 11.1 Å². The first-order valence-electron chi connectivity index (χ1n) is 6.55. The monoisotopic (exact) mass is 246 g/mol. The fourth-order valence-electron chi connectivity index (χ4n) is 2.46. The van der Waals surface area contributed by atoms with Gasteiger partial charge in [0, 0.05) is 31.0 Å². The highest BCUT2D eigenvalue weighted by atomic mass is 16.1. The highest BCUT2D eigenvalue weighted by molar-refractivity contribution is 5.77. The highest BCUT2D eigenvalue weighted by Crippen LogP contribution is 2.26. The number of hydrogen-bond donors (Lipinski definition) is 2. The second-order valence-electron chi connectivity index (χ2n) is 6.03. The number of fused-ring (bicyclic) bond motifs is 1. The van der Waals surface area contributed by atoms with Crippen LogP contribution in [-0.4, -0.2) is 18.0 Å². The Balaban J connectivity index is 2.05. The SMILES string of the molecule is CC(C)(C)NC(=O)CC1CNCc2ccccc21. The summed E-state index contributed by atoms with van der Waals surface area (Å²) in [5, 5.41) is 6.41. The summed E-state index contributed by atoms with van der Waals surface area (Å²) in [7, 11) is 0. The van der Waals surface area contributed by atoms with Crippen molar-refractivity contribution < 1.29 is 4.79 Å². The molecule has 2 N–H and O–H groups in total. The number of carbonyl (C=O) groups excluding carboxylic acids is 1. The topological polar surface area (TPSA) is 41.1 Å². The van der Waals surface area contributed by atoms with E-state index in [9.17, 15) is 4.79 Å². The lowest BCUT2D eigenvalue weighted by atomic mass is 9.88. The van der Waals surface area contributed by atoms with E-state index in [0.717, 1.165) is 13.1 Å². The van der Waals surface area contributed by atoms with Crippen molar-refractivity contribution >= 4 is 5.91 Å². The van der Waals surface area contributed by atoms with Crippen molar-refractivity contribution in [1.29, 1.82) is 0 Å². The van der Waals surface area contributed by atoms with Crippen molar-refractivity contribution in [2.45, 2.75) is 45.2 Å². The Kier molecular flexibility index (Phi) is 3.71. The van der Waals surface area contributed by atoms with E-state index >= 15 is 0 Å². The normalized spacial score (nSPS) is 19.2. The van der Waals surface area contributed by atoms with E-state index in [4.69, 9.17) is 0 Å². The molecule has 0 saturated carbocycles. The fourth-order valence-corrected chi connectivity index (χ4v) is 2.46. The van der Waals surface area contributed by atoms with Crippen LogP contribution in [0.15, 0.2) is 24.3 Å². The van der Waals surface area contributed by atoms with E-state index in [1.807, 2.05) is 20.8 Å². The number of carbonyl (C=O) groups is 1. The molecule has 0 aliphatic carbocycles. The summed E-state index contributed by atoms with van der Waals surface area (Å²) in [6.07, 6.45) is 0.557. The smallest absolute Gasteiger partial charge is 0.221 e. The van der Waals surface area contributed by atoms with Gasteiger partial charge in [0.25, 0.3) is 0 Å². The molecule has 2 rings (SSSR count). The van der Waals surface area contributed by atoms with Gasteiger partial charge >= 0.3 is 0 Å². The van der Waals surface area contributed by atoms with Gasteiger partial charge in [-0.1, -0.05) is 24.3 Å². The molecule has 0 bridgehead atoms. The highest BCUT2D eigenvalue weighted by Gasteiger charge is 2.23. The number of amides is 1. The summed E-state index contributed by atoms with van der Waals surface area (Å²) >= 11 is 0. The van der Waals surface area contributed by atoms with Gasteiger partial charge in [0.1, 0.15) is 0 Å². The molecule has 1 aromatic rings. The van der Waals surface area contributed by atoms with Crippen LogP contribution >= 0.6 is 0 Å². The zero-order valence-electron chi connectivity index (χ0n) is 11.4. The predicted molar refractivity (Wildman–Crippen MR) is 73.4 cm³/mol. The van der Waals surface area contributed by atoms with E-state index in [1.54, 1.807) is 0 Å². The second kappa shape index (κ2) is 5.11. The lowest BCUT2D eigenvalue weighted by Crippen LogP contribution is -2.42. The van der Waals surface area contributed by atoms with Crippen LogP contribution in [0.3, 0.4) is 0 Å². The molecule has 3 heteroatoms. The first-order valence-corrected chi connectivity index (χ1v) is 6.55. The third-order valence-corrected chi connectivity index (χ3v) is 3.15. The summed E-state index contributed by atoms with van der Waals surface area (Å²) in [4.78, 5) is 12.0. The van der Waals surface area contributed by atoms with Crippen LogP contribution in [0.4, 0.5) is 0 Å². The van der Waals surface area contributed by atoms with Gasteiger partial charge in [-0.25, -0.2) is 0 Å². The lowest BCUT2D eigenvalue weighted by molar-refractivity contribution is -0.122. The molecule has 0 spiro atoms. The van der Waals surface area contributed by atoms with Crippen molar-refractivity contribution in [2.75, 3.05) is 6.54 Å². The Morgan fingerprint density at radius 1 is 1.39 bits per heavy atom. The van der Waals surface area contributed by atoms with Gasteiger partial charge in [0.2, 0.25) is 5.91 Å². The second-order valence-corrected chi connectivity index (χ2v) is 6.03. The Bertz CT molecular complexity index is 434. The third-order valence-electron chi connectivity index (χ3n) is 3.15. The predicted octanol–water partition coefficient (Wildman–Crippen LogP) is 2.18.